The molecule has 2 unspecified atom stereocenters. The number of carboxylic acid groups (broad SMARTS) is 1. The number of rotatable bonds is 4. The Kier molecular flexibility index (Phi) is 4.80. The Morgan fingerprint density at radius 1 is 1.21 bits per heavy atom. The summed E-state index contributed by atoms with van der Waals surface area (Å²) in [5.41, 5.74) is 0. The molecule has 0 bridgehead atoms. The minimum Gasteiger partial charge on any atom is -0.480 e. The Hall–Kier alpha value is -1.10. The van der Waals surface area contributed by atoms with E-state index in [-0.39, 0.29) is 5.91 Å². The second-order valence-electron chi connectivity index (χ2n) is 5.88. The third kappa shape index (κ3) is 3.69. The maximum Gasteiger partial charge on any atom is 0.326 e. The Labute approximate surface area is 114 Å². The number of nitrogens with zero attached hydrogens (tertiary/aromatic N) is 2. The first kappa shape index (κ1) is 14.3. The monoisotopic (exact) mass is 268 g/mol. The van der Waals surface area contributed by atoms with Crippen molar-refractivity contribution in [3.05, 3.63) is 0 Å². The van der Waals surface area contributed by atoms with Crippen LogP contribution >= 0.6 is 0 Å². The van der Waals surface area contributed by atoms with Crippen LogP contribution < -0.4 is 0 Å². The third-order valence-corrected chi connectivity index (χ3v) is 4.24. The average Bonchev–Trinajstić information content (AvgIpc) is 2.85. The van der Waals surface area contributed by atoms with Crippen LogP contribution in [0.3, 0.4) is 0 Å². The Morgan fingerprint density at radius 2 is 1.95 bits per heavy atom. The van der Waals surface area contributed by atoms with Gasteiger partial charge in [0, 0.05) is 26.1 Å². The fourth-order valence-electron chi connectivity index (χ4n) is 3.21. The second-order valence-corrected chi connectivity index (χ2v) is 5.88. The van der Waals surface area contributed by atoms with Gasteiger partial charge in [-0.05, 0) is 38.1 Å². The minimum atomic E-state index is -0.863. The van der Waals surface area contributed by atoms with E-state index in [2.05, 4.69) is 11.8 Å². The standard InChI is InChI=1S/C14H24N2O3/c1-11-4-2-7-15(10-11)9-6-13(17)16-8-3-5-12(16)14(18)19/h11-12H,2-10H2,1H3,(H,18,19). The van der Waals surface area contributed by atoms with Crippen LogP contribution in [-0.4, -0.2) is 59.0 Å². The molecular formula is C14H24N2O3. The van der Waals surface area contributed by atoms with Gasteiger partial charge < -0.3 is 14.9 Å². The number of carboxylic acids is 1. The van der Waals surface area contributed by atoms with Crippen molar-refractivity contribution in [2.45, 2.75) is 45.1 Å². The molecule has 0 aromatic rings. The molecule has 2 heterocycles. The lowest BCUT2D eigenvalue weighted by Gasteiger charge is -2.31. The van der Waals surface area contributed by atoms with E-state index in [0.717, 1.165) is 26.1 Å². The summed E-state index contributed by atoms with van der Waals surface area (Å²) < 4.78 is 0. The third-order valence-electron chi connectivity index (χ3n) is 4.24. The van der Waals surface area contributed by atoms with Crippen molar-refractivity contribution < 1.29 is 14.7 Å². The topological polar surface area (TPSA) is 60.9 Å². The van der Waals surface area contributed by atoms with Gasteiger partial charge in [0.25, 0.3) is 0 Å². The average molecular weight is 268 g/mol. The number of hydrogen-bond donors (Lipinski definition) is 1. The van der Waals surface area contributed by atoms with Crippen LogP contribution in [0.5, 0.6) is 0 Å². The molecule has 5 heteroatoms. The van der Waals surface area contributed by atoms with Crippen molar-refractivity contribution in [3.63, 3.8) is 0 Å². The van der Waals surface area contributed by atoms with Crippen molar-refractivity contribution in [2.24, 2.45) is 5.92 Å². The Balaban J connectivity index is 1.79. The van der Waals surface area contributed by atoms with Gasteiger partial charge in [0.2, 0.25) is 5.91 Å². The van der Waals surface area contributed by atoms with Gasteiger partial charge in [-0.2, -0.15) is 0 Å². The zero-order valence-corrected chi connectivity index (χ0v) is 11.7. The molecule has 2 aliphatic heterocycles. The van der Waals surface area contributed by atoms with E-state index in [1.807, 2.05) is 0 Å². The van der Waals surface area contributed by atoms with Gasteiger partial charge in [0.15, 0.2) is 0 Å². The molecule has 2 atom stereocenters. The number of hydrogen-bond acceptors (Lipinski definition) is 3. The smallest absolute Gasteiger partial charge is 0.326 e. The molecule has 108 valence electrons. The van der Waals surface area contributed by atoms with Gasteiger partial charge in [-0.15, -0.1) is 0 Å². The van der Waals surface area contributed by atoms with E-state index in [4.69, 9.17) is 5.11 Å². The first-order valence-electron chi connectivity index (χ1n) is 7.32. The number of carbonyl (C=O) groups is 2. The predicted octanol–water partition coefficient (Wildman–Crippen LogP) is 1.18. The van der Waals surface area contributed by atoms with E-state index in [9.17, 15) is 9.59 Å². The first-order valence-corrected chi connectivity index (χ1v) is 7.32. The van der Waals surface area contributed by atoms with Crippen LogP contribution in [-0.2, 0) is 9.59 Å². The van der Waals surface area contributed by atoms with Gasteiger partial charge in [0.1, 0.15) is 6.04 Å². The highest BCUT2D eigenvalue weighted by atomic mass is 16.4. The van der Waals surface area contributed by atoms with E-state index >= 15 is 0 Å². The largest absolute Gasteiger partial charge is 0.480 e. The van der Waals surface area contributed by atoms with Crippen LogP contribution in [0.25, 0.3) is 0 Å². The van der Waals surface area contributed by atoms with Crippen LogP contribution in [0.15, 0.2) is 0 Å². The van der Waals surface area contributed by atoms with Crippen molar-refractivity contribution in [2.75, 3.05) is 26.2 Å². The molecule has 1 amide bonds. The number of amides is 1. The van der Waals surface area contributed by atoms with Gasteiger partial charge >= 0.3 is 5.97 Å². The van der Waals surface area contributed by atoms with E-state index in [1.54, 1.807) is 4.90 Å². The minimum absolute atomic E-state index is 0.00289. The summed E-state index contributed by atoms with van der Waals surface area (Å²) in [6.07, 6.45) is 4.34. The van der Waals surface area contributed by atoms with Crippen molar-refractivity contribution in [1.29, 1.82) is 0 Å². The molecule has 0 aromatic heterocycles. The van der Waals surface area contributed by atoms with E-state index < -0.39 is 12.0 Å². The fourth-order valence-corrected chi connectivity index (χ4v) is 3.21. The SMILES string of the molecule is CC1CCCN(CCC(=O)N2CCCC2C(=O)O)C1. The number of piperidine rings is 1. The quantitative estimate of drug-likeness (QED) is 0.832. The van der Waals surface area contributed by atoms with Crippen molar-refractivity contribution >= 4 is 11.9 Å². The normalized spacial score (nSPS) is 28.6. The summed E-state index contributed by atoms with van der Waals surface area (Å²) in [4.78, 5) is 27.1. The van der Waals surface area contributed by atoms with Gasteiger partial charge in [-0.1, -0.05) is 6.92 Å². The fraction of sp³-hybridized carbons (Fsp3) is 0.857. The number of likely N-dealkylation sites (tertiary alicyclic amines) is 2. The second kappa shape index (κ2) is 6.37. The highest BCUT2D eigenvalue weighted by molar-refractivity contribution is 5.84. The summed E-state index contributed by atoms with van der Waals surface area (Å²) in [5, 5.41) is 9.08. The van der Waals surface area contributed by atoms with Gasteiger partial charge in [0.05, 0.1) is 0 Å². The zero-order chi connectivity index (χ0) is 13.8. The predicted molar refractivity (Wildman–Crippen MR) is 71.8 cm³/mol. The molecular weight excluding hydrogens is 244 g/mol. The molecule has 0 aromatic carbocycles. The molecule has 0 radical (unpaired) electrons. The Morgan fingerprint density at radius 3 is 2.63 bits per heavy atom. The molecule has 1 N–H and O–H groups in total. The number of carbonyl (C=O) groups excluding carboxylic acids is 1. The molecule has 2 rings (SSSR count). The highest BCUT2D eigenvalue weighted by Gasteiger charge is 2.33. The van der Waals surface area contributed by atoms with Crippen LogP contribution in [0.1, 0.15) is 39.0 Å². The molecule has 2 saturated heterocycles. The van der Waals surface area contributed by atoms with E-state index in [1.165, 1.54) is 12.8 Å². The molecule has 19 heavy (non-hydrogen) atoms. The lowest BCUT2D eigenvalue weighted by atomic mass is 10.0. The maximum absolute atomic E-state index is 12.1. The molecule has 0 aliphatic carbocycles. The molecule has 2 fully saturated rings. The molecule has 0 spiro atoms. The van der Waals surface area contributed by atoms with Crippen molar-refractivity contribution in [1.82, 2.24) is 9.80 Å². The first-order chi connectivity index (χ1) is 9.08. The molecule has 0 saturated carbocycles. The summed E-state index contributed by atoms with van der Waals surface area (Å²) >= 11 is 0. The highest BCUT2D eigenvalue weighted by Crippen LogP contribution is 2.19. The van der Waals surface area contributed by atoms with Crippen LogP contribution in [0.4, 0.5) is 0 Å². The van der Waals surface area contributed by atoms with Gasteiger partial charge in [-0.3, -0.25) is 4.79 Å². The van der Waals surface area contributed by atoms with Gasteiger partial charge in [-0.25, -0.2) is 4.79 Å². The van der Waals surface area contributed by atoms with Crippen LogP contribution in [0.2, 0.25) is 0 Å². The lowest BCUT2D eigenvalue weighted by molar-refractivity contribution is -0.148. The molecule has 2 aliphatic rings. The summed E-state index contributed by atoms with van der Waals surface area (Å²) in [6.45, 7) is 5.75. The lowest BCUT2D eigenvalue weighted by Crippen LogP contribution is -2.42. The van der Waals surface area contributed by atoms with E-state index in [0.29, 0.717) is 25.3 Å². The number of aliphatic carboxylic acids is 1. The maximum atomic E-state index is 12.1. The summed E-state index contributed by atoms with van der Waals surface area (Å²) in [5.74, 6) is -0.150. The molecule has 5 nitrogen and oxygen atoms in total. The zero-order valence-electron chi connectivity index (χ0n) is 11.7. The van der Waals surface area contributed by atoms with Crippen LogP contribution in [0, 0.1) is 5.92 Å². The van der Waals surface area contributed by atoms with Crippen molar-refractivity contribution in [3.8, 4) is 0 Å². The Bertz CT molecular complexity index is 346. The summed E-state index contributed by atoms with van der Waals surface area (Å²) in [6, 6.07) is -0.590. The summed E-state index contributed by atoms with van der Waals surface area (Å²) in [7, 11) is 0.